The molecule has 0 unspecified atom stereocenters. The van der Waals surface area contributed by atoms with Gasteiger partial charge in [-0.25, -0.2) is 13.4 Å². The summed E-state index contributed by atoms with van der Waals surface area (Å²) >= 11 is 0. The highest BCUT2D eigenvalue weighted by molar-refractivity contribution is 7.91. The van der Waals surface area contributed by atoms with E-state index in [9.17, 15) is 13.2 Å². The molecule has 1 amide bonds. The van der Waals surface area contributed by atoms with Crippen molar-refractivity contribution >= 4 is 15.7 Å². The lowest BCUT2D eigenvalue weighted by Crippen LogP contribution is -2.30. The molecule has 29 heavy (non-hydrogen) atoms. The van der Waals surface area contributed by atoms with Gasteiger partial charge < -0.3 is 14.5 Å². The van der Waals surface area contributed by atoms with Crippen molar-refractivity contribution < 1.29 is 22.4 Å². The number of hydrogen-bond acceptors (Lipinski definition) is 7. The number of oxazole rings is 1. The number of ether oxygens (including phenoxy) is 1. The minimum atomic E-state index is -3.71. The summed E-state index contributed by atoms with van der Waals surface area (Å²) in [5.74, 6) is -0.176. The van der Waals surface area contributed by atoms with Crippen LogP contribution in [0.1, 0.15) is 17.0 Å². The summed E-state index contributed by atoms with van der Waals surface area (Å²) < 4.78 is 35.6. The van der Waals surface area contributed by atoms with Crippen LogP contribution >= 0.6 is 0 Å². The van der Waals surface area contributed by atoms with Gasteiger partial charge in [0, 0.05) is 24.5 Å². The van der Waals surface area contributed by atoms with Crippen LogP contribution in [-0.4, -0.2) is 37.2 Å². The van der Waals surface area contributed by atoms with E-state index in [4.69, 9.17) is 9.15 Å². The van der Waals surface area contributed by atoms with E-state index < -0.39 is 21.5 Å². The number of methoxy groups -OCH3 is 1. The van der Waals surface area contributed by atoms with Crippen molar-refractivity contribution in [2.45, 2.75) is 19.2 Å². The van der Waals surface area contributed by atoms with Crippen LogP contribution in [0.15, 0.2) is 53.2 Å². The molecule has 0 aliphatic heterocycles. The Hall–Kier alpha value is -3.20. The van der Waals surface area contributed by atoms with Crippen LogP contribution in [0.2, 0.25) is 0 Å². The van der Waals surface area contributed by atoms with Crippen LogP contribution in [0.25, 0.3) is 11.5 Å². The lowest BCUT2D eigenvalue weighted by molar-refractivity contribution is -0.118. The standard InChI is InChI=1S/C20H21N3O5S/c1-14-18(23-20(28-14)16-5-7-17(27-2)8-6-16)12-29(25,26)13-19(24)22-11-15-4-3-9-21-10-15/h3-10H,11-13H2,1-2H3,(H,22,24). The second-order valence-corrected chi connectivity index (χ2v) is 8.49. The van der Waals surface area contributed by atoms with E-state index in [-0.39, 0.29) is 18.0 Å². The number of hydrogen-bond donors (Lipinski definition) is 1. The fraction of sp³-hybridized carbons (Fsp3) is 0.250. The summed E-state index contributed by atoms with van der Waals surface area (Å²) in [6, 6.07) is 10.6. The fourth-order valence-corrected chi connectivity index (χ4v) is 3.92. The number of benzene rings is 1. The van der Waals surface area contributed by atoms with E-state index in [0.717, 1.165) is 5.56 Å². The number of carbonyl (C=O) groups excluding carboxylic acids is 1. The van der Waals surface area contributed by atoms with Crippen molar-refractivity contribution in [3.8, 4) is 17.2 Å². The van der Waals surface area contributed by atoms with Crippen LogP contribution in [0.4, 0.5) is 0 Å². The Morgan fingerprint density at radius 2 is 1.97 bits per heavy atom. The minimum absolute atomic E-state index is 0.215. The van der Waals surface area contributed by atoms with E-state index in [2.05, 4.69) is 15.3 Å². The number of aryl methyl sites for hydroxylation is 1. The molecule has 0 bridgehead atoms. The summed E-state index contributed by atoms with van der Waals surface area (Å²) in [5.41, 5.74) is 1.78. The summed E-state index contributed by atoms with van der Waals surface area (Å²) in [7, 11) is -2.14. The van der Waals surface area contributed by atoms with E-state index in [0.29, 0.717) is 23.0 Å². The van der Waals surface area contributed by atoms with Crippen LogP contribution in [-0.2, 0) is 26.9 Å². The number of amides is 1. The molecule has 2 aromatic heterocycles. The predicted molar refractivity (Wildman–Crippen MR) is 107 cm³/mol. The van der Waals surface area contributed by atoms with Crippen LogP contribution in [0.3, 0.4) is 0 Å². The molecule has 1 aromatic carbocycles. The zero-order valence-electron chi connectivity index (χ0n) is 16.1. The third-order valence-electron chi connectivity index (χ3n) is 4.15. The van der Waals surface area contributed by atoms with Crippen molar-refractivity contribution in [3.05, 3.63) is 65.8 Å². The molecule has 0 spiro atoms. The van der Waals surface area contributed by atoms with E-state index >= 15 is 0 Å². The Labute approximate surface area is 168 Å². The van der Waals surface area contributed by atoms with Crippen LogP contribution in [0, 0.1) is 6.92 Å². The zero-order valence-corrected chi connectivity index (χ0v) is 16.9. The molecule has 0 saturated heterocycles. The Kier molecular flexibility index (Phi) is 6.28. The highest BCUT2D eigenvalue weighted by Crippen LogP contribution is 2.25. The maximum absolute atomic E-state index is 12.4. The van der Waals surface area contributed by atoms with Crippen molar-refractivity contribution in [3.63, 3.8) is 0 Å². The highest BCUT2D eigenvalue weighted by Gasteiger charge is 2.22. The predicted octanol–water partition coefficient (Wildman–Crippen LogP) is 2.28. The number of sulfone groups is 1. The molecule has 0 radical (unpaired) electrons. The number of aromatic nitrogens is 2. The molecule has 0 aliphatic carbocycles. The van der Waals surface area contributed by atoms with Gasteiger partial charge in [-0.05, 0) is 42.8 Å². The van der Waals surface area contributed by atoms with Gasteiger partial charge in [-0.3, -0.25) is 9.78 Å². The van der Waals surface area contributed by atoms with E-state index in [1.54, 1.807) is 62.8 Å². The summed E-state index contributed by atoms with van der Waals surface area (Å²) in [6.07, 6.45) is 3.23. The minimum Gasteiger partial charge on any atom is -0.497 e. The molecule has 1 N–H and O–H groups in total. The average Bonchev–Trinajstić information content (AvgIpc) is 3.06. The molecule has 3 rings (SSSR count). The Morgan fingerprint density at radius 1 is 1.21 bits per heavy atom. The zero-order chi connectivity index (χ0) is 20.9. The molecule has 0 aliphatic rings. The maximum Gasteiger partial charge on any atom is 0.235 e. The molecular weight excluding hydrogens is 394 g/mol. The molecule has 9 heteroatoms. The van der Waals surface area contributed by atoms with Gasteiger partial charge in [-0.1, -0.05) is 6.07 Å². The molecule has 0 fully saturated rings. The van der Waals surface area contributed by atoms with Gasteiger partial charge >= 0.3 is 0 Å². The molecule has 3 aromatic rings. The fourth-order valence-electron chi connectivity index (χ4n) is 2.63. The Bertz CT molecular complexity index is 1080. The van der Waals surface area contributed by atoms with E-state index in [1.165, 1.54) is 0 Å². The number of nitrogens with zero attached hydrogens (tertiary/aromatic N) is 2. The Morgan fingerprint density at radius 3 is 2.62 bits per heavy atom. The van der Waals surface area contributed by atoms with Gasteiger partial charge in [0.1, 0.15) is 17.3 Å². The van der Waals surface area contributed by atoms with E-state index in [1.807, 2.05) is 0 Å². The Balaban J connectivity index is 1.63. The first-order valence-electron chi connectivity index (χ1n) is 8.83. The van der Waals surface area contributed by atoms with Gasteiger partial charge in [-0.15, -0.1) is 0 Å². The molecule has 0 atom stereocenters. The third-order valence-corrected chi connectivity index (χ3v) is 5.57. The number of carbonyl (C=O) groups is 1. The van der Waals surface area contributed by atoms with Gasteiger partial charge in [0.05, 0.1) is 18.6 Å². The monoisotopic (exact) mass is 415 g/mol. The highest BCUT2D eigenvalue weighted by atomic mass is 32.2. The van der Waals surface area contributed by atoms with Crippen molar-refractivity contribution in [1.29, 1.82) is 0 Å². The maximum atomic E-state index is 12.4. The van der Waals surface area contributed by atoms with Crippen molar-refractivity contribution in [1.82, 2.24) is 15.3 Å². The first-order valence-corrected chi connectivity index (χ1v) is 10.7. The molecule has 2 heterocycles. The SMILES string of the molecule is COc1ccc(-c2nc(CS(=O)(=O)CC(=O)NCc3cccnc3)c(C)o2)cc1. The van der Waals surface area contributed by atoms with Crippen LogP contribution < -0.4 is 10.1 Å². The first kappa shape index (κ1) is 20.5. The van der Waals surface area contributed by atoms with Crippen LogP contribution in [0.5, 0.6) is 5.75 Å². The largest absolute Gasteiger partial charge is 0.497 e. The van der Waals surface area contributed by atoms with Crippen molar-refractivity contribution in [2.75, 3.05) is 12.9 Å². The van der Waals surface area contributed by atoms with Gasteiger partial charge in [0.25, 0.3) is 0 Å². The lowest BCUT2D eigenvalue weighted by Gasteiger charge is -2.05. The molecular formula is C20H21N3O5S. The van der Waals surface area contributed by atoms with Crippen molar-refractivity contribution in [2.24, 2.45) is 0 Å². The number of pyridine rings is 1. The smallest absolute Gasteiger partial charge is 0.235 e. The number of rotatable bonds is 8. The van der Waals surface area contributed by atoms with Gasteiger partial charge in [0.2, 0.25) is 11.8 Å². The first-order chi connectivity index (χ1) is 13.9. The summed E-state index contributed by atoms with van der Waals surface area (Å²) in [6.45, 7) is 1.86. The second kappa shape index (κ2) is 8.87. The third kappa shape index (κ3) is 5.64. The number of nitrogens with one attached hydrogen (secondary N) is 1. The van der Waals surface area contributed by atoms with Gasteiger partial charge in [0.15, 0.2) is 9.84 Å². The molecule has 8 nitrogen and oxygen atoms in total. The molecule has 152 valence electrons. The second-order valence-electron chi connectivity index (χ2n) is 6.42. The normalized spacial score (nSPS) is 11.2. The molecule has 0 saturated carbocycles. The lowest BCUT2D eigenvalue weighted by atomic mass is 10.2. The summed E-state index contributed by atoms with van der Waals surface area (Å²) in [5, 5.41) is 2.58. The quantitative estimate of drug-likeness (QED) is 0.601. The topological polar surface area (TPSA) is 111 Å². The summed E-state index contributed by atoms with van der Waals surface area (Å²) in [4.78, 5) is 20.3. The average molecular weight is 415 g/mol. The van der Waals surface area contributed by atoms with Gasteiger partial charge in [-0.2, -0.15) is 0 Å².